The summed E-state index contributed by atoms with van der Waals surface area (Å²) in [5, 5.41) is 7.65. The van der Waals surface area contributed by atoms with Crippen molar-refractivity contribution >= 4 is 28.2 Å². The Hall–Kier alpha value is -3.69. The molecule has 0 aliphatic rings. The summed E-state index contributed by atoms with van der Waals surface area (Å²) in [6.45, 7) is 0. The second-order valence-electron chi connectivity index (χ2n) is 7.57. The van der Waals surface area contributed by atoms with E-state index in [0.29, 0.717) is 28.5 Å². The first kappa shape index (κ1) is 23.5. The van der Waals surface area contributed by atoms with Crippen molar-refractivity contribution in [1.29, 1.82) is 0 Å². The van der Waals surface area contributed by atoms with Gasteiger partial charge in [0.2, 0.25) is 0 Å². The Bertz CT molecular complexity index is 1260. The number of rotatable bonds is 6. The van der Waals surface area contributed by atoms with Crippen molar-refractivity contribution in [3.8, 4) is 11.1 Å². The average Bonchev–Trinajstić information content (AvgIpc) is 3.28. The summed E-state index contributed by atoms with van der Waals surface area (Å²) in [6.07, 6.45) is -4.06. The molecule has 5 nitrogen and oxygen atoms in total. The molecule has 4 rings (SSSR count). The Morgan fingerprint density at radius 3 is 2.32 bits per heavy atom. The zero-order chi connectivity index (χ0) is 24.1. The molecule has 4 aromatic rings. The minimum Gasteiger partial charge on any atom is -0.322 e. The number of hydrogen-bond acceptors (Lipinski definition) is 4. The number of halogens is 3. The fourth-order valence-corrected chi connectivity index (χ4v) is 4.18. The van der Waals surface area contributed by atoms with E-state index in [0.717, 1.165) is 23.3 Å². The van der Waals surface area contributed by atoms with Crippen LogP contribution in [0.4, 0.5) is 28.8 Å². The molecule has 4 N–H and O–H groups in total. The number of nitrogens with two attached hydrogens (primary N) is 1. The Balaban J connectivity index is 1.38. The maximum atomic E-state index is 12.7. The molecular formula is C25H21F3N4OS. The van der Waals surface area contributed by atoms with Crippen molar-refractivity contribution in [3.05, 3.63) is 101 Å². The number of nitrogens with one attached hydrogen (secondary N) is 2. The number of carbonyl (C=O) groups is 1. The van der Waals surface area contributed by atoms with Crippen LogP contribution in [0.2, 0.25) is 0 Å². The van der Waals surface area contributed by atoms with Crippen molar-refractivity contribution in [1.82, 2.24) is 4.98 Å². The lowest BCUT2D eigenvalue weighted by atomic mass is 10.0. The average molecular weight is 483 g/mol. The molecule has 174 valence electrons. The molecule has 1 aromatic heterocycles. The zero-order valence-electron chi connectivity index (χ0n) is 17.8. The number of hydrogen-bond donors (Lipinski definition) is 3. The molecular weight excluding hydrogens is 461 g/mol. The predicted octanol–water partition coefficient (Wildman–Crippen LogP) is 6.72. The predicted molar refractivity (Wildman–Crippen MR) is 129 cm³/mol. The third kappa shape index (κ3) is 5.81. The molecule has 34 heavy (non-hydrogen) atoms. The summed E-state index contributed by atoms with van der Waals surface area (Å²) in [7, 11) is 0. The lowest BCUT2D eigenvalue weighted by Crippen LogP contribution is -2.20. The number of para-hydroxylation sites is 1. The topological polar surface area (TPSA) is 80.0 Å². The van der Waals surface area contributed by atoms with Gasteiger partial charge in [-0.05, 0) is 35.7 Å². The molecule has 0 spiro atoms. The van der Waals surface area contributed by atoms with E-state index in [4.69, 9.17) is 5.73 Å². The summed E-state index contributed by atoms with van der Waals surface area (Å²) in [5.74, 6) is 0. The van der Waals surface area contributed by atoms with Crippen molar-refractivity contribution in [2.45, 2.75) is 18.6 Å². The van der Waals surface area contributed by atoms with Crippen molar-refractivity contribution in [2.75, 3.05) is 10.6 Å². The molecule has 9 heteroatoms. The number of amides is 2. The molecule has 2 amide bonds. The molecule has 0 aliphatic heterocycles. The summed E-state index contributed by atoms with van der Waals surface area (Å²) in [6, 6.07) is 21.1. The van der Waals surface area contributed by atoms with Gasteiger partial charge in [-0.3, -0.25) is 5.32 Å². The van der Waals surface area contributed by atoms with Gasteiger partial charge in [0.1, 0.15) is 0 Å². The standard InChI is InChI=1S/C25H21F3N4OS/c26-25(27,28)18-12-10-16(11-13-18)14-20(29)22-15-34-24(31-22)32-23(33)30-21-9-5-4-8-19(21)17-6-2-1-3-7-17/h1-13,15,20H,14,29H2,(H2,30,31,32,33). The summed E-state index contributed by atoms with van der Waals surface area (Å²) in [5.41, 5.74) is 9.22. The number of nitrogens with zero attached hydrogens (tertiary/aromatic N) is 1. The van der Waals surface area contributed by atoms with Crippen LogP contribution in [0.1, 0.15) is 22.9 Å². The first-order valence-electron chi connectivity index (χ1n) is 10.4. The monoisotopic (exact) mass is 482 g/mol. The molecule has 0 aliphatic carbocycles. The van der Waals surface area contributed by atoms with Gasteiger partial charge in [-0.2, -0.15) is 13.2 Å². The number of aromatic nitrogens is 1. The van der Waals surface area contributed by atoms with Gasteiger partial charge >= 0.3 is 12.2 Å². The van der Waals surface area contributed by atoms with Gasteiger partial charge in [-0.1, -0.05) is 60.7 Å². The van der Waals surface area contributed by atoms with E-state index in [1.54, 1.807) is 5.38 Å². The number of urea groups is 1. The van der Waals surface area contributed by atoms with Crippen LogP contribution in [0.3, 0.4) is 0 Å². The second-order valence-corrected chi connectivity index (χ2v) is 8.43. The van der Waals surface area contributed by atoms with Gasteiger partial charge in [-0.15, -0.1) is 11.3 Å². The van der Waals surface area contributed by atoms with E-state index in [2.05, 4.69) is 15.6 Å². The van der Waals surface area contributed by atoms with E-state index in [1.807, 2.05) is 54.6 Å². The van der Waals surface area contributed by atoms with Crippen LogP contribution in [-0.4, -0.2) is 11.0 Å². The summed E-state index contributed by atoms with van der Waals surface area (Å²) >= 11 is 1.22. The fourth-order valence-electron chi connectivity index (χ4n) is 3.41. The van der Waals surface area contributed by atoms with E-state index in [9.17, 15) is 18.0 Å². The molecule has 0 fully saturated rings. The van der Waals surface area contributed by atoms with Gasteiger partial charge in [0.05, 0.1) is 23.0 Å². The molecule has 1 unspecified atom stereocenters. The highest BCUT2D eigenvalue weighted by atomic mass is 32.1. The number of carbonyl (C=O) groups excluding carboxylic acids is 1. The van der Waals surface area contributed by atoms with E-state index < -0.39 is 23.8 Å². The Kier molecular flexibility index (Phi) is 6.95. The maximum absolute atomic E-state index is 12.7. The molecule has 1 heterocycles. The van der Waals surface area contributed by atoms with Gasteiger partial charge in [-0.25, -0.2) is 9.78 Å². The van der Waals surface area contributed by atoms with Crippen LogP contribution >= 0.6 is 11.3 Å². The maximum Gasteiger partial charge on any atom is 0.416 e. The minimum absolute atomic E-state index is 0.317. The van der Waals surface area contributed by atoms with Crippen LogP contribution in [-0.2, 0) is 12.6 Å². The van der Waals surface area contributed by atoms with Gasteiger partial charge < -0.3 is 11.1 Å². The molecule has 0 saturated carbocycles. The highest BCUT2D eigenvalue weighted by Gasteiger charge is 2.30. The van der Waals surface area contributed by atoms with E-state index in [1.165, 1.54) is 23.5 Å². The Labute approximate surface area is 198 Å². The third-order valence-electron chi connectivity index (χ3n) is 5.12. The molecule has 0 saturated heterocycles. The number of thiazole rings is 1. The van der Waals surface area contributed by atoms with Crippen molar-refractivity contribution < 1.29 is 18.0 Å². The first-order valence-corrected chi connectivity index (χ1v) is 11.3. The largest absolute Gasteiger partial charge is 0.416 e. The van der Waals surface area contributed by atoms with Crippen LogP contribution in [0.15, 0.2) is 84.2 Å². The highest BCUT2D eigenvalue weighted by molar-refractivity contribution is 7.14. The summed E-state index contributed by atoms with van der Waals surface area (Å²) in [4.78, 5) is 16.9. The van der Waals surface area contributed by atoms with E-state index >= 15 is 0 Å². The Morgan fingerprint density at radius 1 is 0.941 bits per heavy atom. The van der Waals surface area contributed by atoms with Crippen LogP contribution < -0.4 is 16.4 Å². The van der Waals surface area contributed by atoms with Gasteiger partial charge in [0, 0.05) is 10.9 Å². The van der Waals surface area contributed by atoms with Gasteiger partial charge in [0.15, 0.2) is 5.13 Å². The number of alkyl halides is 3. The van der Waals surface area contributed by atoms with Crippen LogP contribution in [0.25, 0.3) is 11.1 Å². The normalized spacial score (nSPS) is 12.2. The number of benzene rings is 3. The Morgan fingerprint density at radius 2 is 1.62 bits per heavy atom. The van der Waals surface area contributed by atoms with Crippen LogP contribution in [0.5, 0.6) is 0 Å². The third-order valence-corrected chi connectivity index (χ3v) is 5.90. The quantitative estimate of drug-likeness (QED) is 0.286. The summed E-state index contributed by atoms with van der Waals surface area (Å²) < 4.78 is 38.2. The van der Waals surface area contributed by atoms with Gasteiger partial charge in [0.25, 0.3) is 0 Å². The minimum atomic E-state index is -4.38. The molecule has 0 bridgehead atoms. The van der Waals surface area contributed by atoms with E-state index in [-0.39, 0.29) is 0 Å². The van der Waals surface area contributed by atoms with Crippen molar-refractivity contribution in [2.24, 2.45) is 5.73 Å². The molecule has 0 radical (unpaired) electrons. The van der Waals surface area contributed by atoms with Crippen LogP contribution in [0, 0.1) is 0 Å². The number of anilines is 2. The smallest absolute Gasteiger partial charge is 0.322 e. The lowest BCUT2D eigenvalue weighted by molar-refractivity contribution is -0.137. The van der Waals surface area contributed by atoms with Crippen molar-refractivity contribution in [3.63, 3.8) is 0 Å². The fraction of sp³-hybridized carbons (Fsp3) is 0.120. The zero-order valence-corrected chi connectivity index (χ0v) is 18.7. The molecule has 3 aromatic carbocycles. The SMILES string of the molecule is NC(Cc1ccc(C(F)(F)F)cc1)c1csc(NC(=O)Nc2ccccc2-c2ccccc2)n1. The highest BCUT2D eigenvalue weighted by Crippen LogP contribution is 2.30. The molecule has 1 atom stereocenters. The lowest BCUT2D eigenvalue weighted by Gasteiger charge is -2.12. The first-order chi connectivity index (χ1) is 16.3. The second kappa shape index (κ2) is 10.1.